The van der Waals surface area contributed by atoms with Crippen molar-refractivity contribution in [2.75, 3.05) is 50.8 Å². The molecule has 0 unspecified atom stereocenters. The zero-order valence-corrected chi connectivity index (χ0v) is 29.0. The molecule has 1 N–H and O–H groups in total. The van der Waals surface area contributed by atoms with Gasteiger partial charge in [-0.2, -0.15) is 0 Å². The molecule has 8 nitrogen and oxygen atoms in total. The van der Waals surface area contributed by atoms with Crippen LogP contribution in [-0.2, 0) is 27.8 Å². The number of morpholine rings is 1. The lowest BCUT2D eigenvalue weighted by Gasteiger charge is -2.46. The molecule has 5 atom stereocenters. The Hall–Kier alpha value is -2.33. The van der Waals surface area contributed by atoms with E-state index in [0.29, 0.717) is 35.7 Å². The molecule has 6 rings (SSSR count). The molecule has 252 valence electrons. The number of hydrogen-bond acceptors (Lipinski definition) is 7. The maximum absolute atomic E-state index is 13.5. The molecule has 2 aromatic rings. The highest BCUT2D eigenvalue weighted by atomic mass is 35.5. The normalized spacial score (nSPS) is 29.6. The van der Waals surface area contributed by atoms with Gasteiger partial charge in [0.2, 0.25) is 10.0 Å². The molecule has 10 heteroatoms. The van der Waals surface area contributed by atoms with Gasteiger partial charge in [0.1, 0.15) is 12.4 Å². The highest BCUT2D eigenvalue weighted by molar-refractivity contribution is 7.90. The Morgan fingerprint density at radius 3 is 2.54 bits per heavy atom. The van der Waals surface area contributed by atoms with Crippen LogP contribution < -0.4 is 14.4 Å². The van der Waals surface area contributed by atoms with Crippen LogP contribution in [0.3, 0.4) is 0 Å². The Morgan fingerprint density at radius 1 is 0.935 bits per heavy atom. The van der Waals surface area contributed by atoms with Gasteiger partial charge in [0.25, 0.3) is 5.91 Å². The first-order valence-corrected chi connectivity index (χ1v) is 19.3. The van der Waals surface area contributed by atoms with Crippen molar-refractivity contribution >= 4 is 33.2 Å². The summed E-state index contributed by atoms with van der Waals surface area (Å²) < 4.78 is 41.4. The van der Waals surface area contributed by atoms with Gasteiger partial charge in [0.15, 0.2) is 0 Å². The van der Waals surface area contributed by atoms with Gasteiger partial charge in [0.05, 0.1) is 24.2 Å². The zero-order valence-electron chi connectivity index (χ0n) is 27.4. The Labute approximate surface area is 280 Å². The molecule has 1 saturated carbocycles. The van der Waals surface area contributed by atoms with E-state index in [1.807, 2.05) is 37.3 Å². The van der Waals surface area contributed by atoms with Crippen LogP contribution in [0.2, 0.25) is 5.02 Å². The van der Waals surface area contributed by atoms with Crippen molar-refractivity contribution in [3.8, 4) is 5.75 Å². The quantitative estimate of drug-likeness (QED) is 0.401. The molecule has 46 heavy (non-hydrogen) atoms. The van der Waals surface area contributed by atoms with E-state index in [1.54, 1.807) is 13.0 Å². The van der Waals surface area contributed by atoms with Crippen LogP contribution >= 0.6 is 11.6 Å². The van der Waals surface area contributed by atoms with Crippen LogP contribution in [0.1, 0.15) is 80.3 Å². The zero-order chi connectivity index (χ0) is 32.3. The minimum Gasteiger partial charge on any atom is -0.487 e. The van der Waals surface area contributed by atoms with Gasteiger partial charge < -0.3 is 14.4 Å². The lowest BCUT2D eigenvalue weighted by molar-refractivity contribution is 0.00835. The van der Waals surface area contributed by atoms with Crippen LogP contribution in [0, 0.1) is 23.7 Å². The minimum atomic E-state index is -3.86. The number of hydrogen-bond donors (Lipinski definition) is 1. The molecule has 2 aromatic carbocycles. The summed E-state index contributed by atoms with van der Waals surface area (Å²) in [4.78, 5) is 18.5. The maximum Gasteiger partial charge on any atom is 0.264 e. The average molecular weight is 672 g/mol. The number of carbonyl (C=O) groups is 1. The topological polar surface area (TPSA) is 88.2 Å². The lowest BCUT2D eigenvalue weighted by atomic mass is 9.65. The number of sulfonamides is 1. The summed E-state index contributed by atoms with van der Waals surface area (Å²) in [6, 6.07) is 11.4. The second kappa shape index (κ2) is 14.8. The van der Waals surface area contributed by atoms with E-state index in [1.165, 1.54) is 18.4 Å². The van der Waals surface area contributed by atoms with E-state index in [0.717, 1.165) is 101 Å². The molecular weight excluding hydrogens is 622 g/mol. The van der Waals surface area contributed by atoms with Gasteiger partial charge in [-0.25, -0.2) is 13.1 Å². The molecule has 3 aliphatic heterocycles. The Balaban J connectivity index is 1.35. The summed E-state index contributed by atoms with van der Waals surface area (Å²) in [6.45, 7) is 10.5. The SMILES string of the molecule is C[C@@H]1[C@@H](C)CCC[C@@H](CN2CCOCC2)[C@@H]2CC[C@H]2CN2CCCCc3cc(Cl)ccc3COc3ccc(cc32)C(=O)NS1(=O)=O. The molecule has 0 radical (unpaired) electrons. The summed E-state index contributed by atoms with van der Waals surface area (Å²) in [7, 11) is -3.86. The first-order valence-electron chi connectivity index (χ1n) is 17.3. The summed E-state index contributed by atoms with van der Waals surface area (Å²) in [5.41, 5.74) is 3.52. The molecule has 0 aromatic heterocycles. The third-order valence-electron chi connectivity index (χ3n) is 11.1. The number of rotatable bonds is 2. The van der Waals surface area contributed by atoms with Gasteiger partial charge >= 0.3 is 0 Å². The number of fused-ring (bicyclic) bond motifs is 3. The smallest absolute Gasteiger partial charge is 0.264 e. The average Bonchev–Trinajstić information content (AvgIpc) is 3.05. The second-order valence-electron chi connectivity index (χ2n) is 14.1. The molecule has 0 spiro atoms. The van der Waals surface area contributed by atoms with E-state index < -0.39 is 21.2 Å². The molecular formula is C36H50ClN3O5S. The van der Waals surface area contributed by atoms with Crippen molar-refractivity contribution in [1.82, 2.24) is 9.62 Å². The molecule has 4 aliphatic rings. The molecule has 1 amide bonds. The molecule has 1 saturated heterocycles. The minimum absolute atomic E-state index is 0.0616. The van der Waals surface area contributed by atoms with E-state index >= 15 is 0 Å². The fourth-order valence-corrected chi connectivity index (χ4v) is 9.39. The number of benzene rings is 2. The first-order chi connectivity index (χ1) is 22.2. The van der Waals surface area contributed by atoms with Gasteiger partial charge in [-0.15, -0.1) is 0 Å². The number of aryl methyl sites for hydroxylation is 1. The number of anilines is 1. The third kappa shape index (κ3) is 7.86. The van der Waals surface area contributed by atoms with Crippen molar-refractivity contribution in [2.45, 2.75) is 77.1 Å². The van der Waals surface area contributed by atoms with E-state index in [9.17, 15) is 13.2 Å². The fraction of sp³-hybridized carbons (Fsp3) is 0.639. The lowest BCUT2D eigenvalue weighted by Crippen LogP contribution is -2.47. The second-order valence-corrected chi connectivity index (χ2v) is 16.5. The Kier molecular flexibility index (Phi) is 10.8. The summed E-state index contributed by atoms with van der Waals surface area (Å²) in [5.74, 6) is 1.80. The highest BCUT2D eigenvalue weighted by Crippen LogP contribution is 2.44. The van der Waals surface area contributed by atoms with Crippen molar-refractivity contribution in [1.29, 1.82) is 0 Å². The van der Waals surface area contributed by atoms with E-state index in [4.69, 9.17) is 21.1 Å². The monoisotopic (exact) mass is 671 g/mol. The maximum atomic E-state index is 13.5. The number of nitrogens with one attached hydrogen (secondary N) is 1. The number of ether oxygens (including phenoxy) is 2. The summed E-state index contributed by atoms with van der Waals surface area (Å²) in [5, 5.41) is 0.0591. The van der Waals surface area contributed by atoms with Crippen molar-refractivity contribution in [3.05, 3.63) is 58.1 Å². The number of carbonyl (C=O) groups excluding carboxylic acids is 1. The predicted octanol–water partition coefficient (Wildman–Crippen LogP) is 6.30. The van der Waals surface area contributed by atoms with Gasteiger partial charge in [-0.1, -0.05) is 31.0 Å². The Morgan fingerprint density at radius 2 is 1.76 bits per heavy atom. The van der Waals surface area contributed by atoms with Crippen LogP contribution in [0.4, 0.5) is 5.69 Å². The largest absolute Gasteiger partial charge is 0.487 e. The third-order valence-corrected chi connectivity index (χ3v) is 13.3. The van der Waals surface area contributed by atoms with Gasteiger partial charge in [-0.05, 0) is 117 Å². The predicted molar refractivity (Wildman–Crippen MR) is 183 cm³/mol. The van der Waals surface area contributed by atoms with Gasteiger partial charge in [0, 0.05) is 43.3 Å². The fourth-order valence-electron chi connectivity index (χ4n) is 7.88. The van der Waals surface area contributed by atoms with Gasteiger partial charge in [-0.3, -0.25) is 9.69 Å². The Bertz CT molecular complexity index is 1480. The first kappa shape index (κ1) is 33.6. The van der Waals surface area contributed by atoms with Crippen LogP contribution in [0.15, 0.2) is 36.4 Å². The van der Waals surface area contributed by atoms with Crippen LogP contribution in [0.5, 0.6) is 5.75 Å². The van der Waals surface area contributed by atoms with Crippen molar-refractivity contribution < 1.29 is 22.7 Å². The summed E-state index contributed by atoms with van der Waals surface area (Å²) >= 11 is 6.37. The molecule has 1 aliphatic carbocycles. The van der Waals surface area contributed by atoms with Crippen LogP contribution in [0.25, 0.3) is 0 Å². The standard InChI is InChI=1S/C36H50ClN3O5S/c1-25-6-5-8-29(22-39-16-18-44-19-17-39)33-13-10-30(33)23-40-15-4-3-7-27-20-32(37)12-9-31(27)24-45-35-14-11-28(21-34(35)40)36(41)38-46(42,43)26(25)2/h9,11-12,14,20-21,25-26,29-30,33H,3-8,10,13,15-19,22-24H2,1-2H3,(H,38,41)/t25-,26+,29-,30-,33-/m0/s1. The number of amides is 1. The summed E-state index contributed by atoms with van der Waals surface area (Å²) in [6.07, 6.45) is 8.26. The molecule has 2 fully saturated rings. The highest BCUT2D eigenvalue weighted by Gasteiger charge is 2.39. The van der Waals surface area contributed by atoms with E-state index in [2.05, 4.69) is 14.5 Å². The number of nitrogens with zero attached hydrogens (tertiary/aromatic N) is 2. The van der Waals surface area contributed by atoms with E-state index in [-0.39, 0.29) is 5.92 Å². The molecule has 3 heterocycles. The van der Waals surface area contributed by atoms with Crippen molar-refractivity contribution in [2.24, 2.45) is 23.7 Å². The van der Waals surface area contributed by atoms with Crippen LogP contribution in [-0.4, -0.2) is 70.4 Å². The number of halogens is 1. The molecule has 2 bridgehead atoms. The van der Waals surface area contributed by atoms with Crippen molar-refractivity contribution in [3.63, 3.8) is 0 Å².